The average molecular weight is 287 g/mol. The number of hydrogen-bond donors (Lipinski definition) is 1. The maximum Gasteiger partial charge on any atom is 0.325 e. The Balaban J connectivity index is 4.52. The highest BCUT2D eigenvalue weighted by Gasteiger charge is 2.20. The zero-order chi connectivity index (χ0) is 15.5. The van der Waals surface area contributed by atoms with E-state index in [0.29, 0.717) is 12.5 Å². The first-order valence-corrected chi connectivity index (χ1v) is 7.00. The number of esters is 1. The largest absolute Gasteiger partial charge is 0.481 e. The van der Waals surface area contributed by atoms with Crippen molar-refractivity contribution in [2.75, 3.05) is 20.2 Å². The van der Waals surface area contributed by atoms with E-state index < -0.39 is 11.9 Å². The van der Waals surface area contributed by atoms with E-state index in [4.69, 9.17) is 5.11 Å². The van der Waals surface area contributed by atoms with Gasteiger partial charge in [-0.2, -0.15) is 0 Å². The molecule has 0 unspecified atom stereocenters. The number of carbonyl (C=O) groups is 3. The summed E-state index contributed by atoms with van der Waals surface area (Å²) in [4.78, 5) is 35.3. The molecule has 1 N–H and O–H groups in total. The van der Waals surface area contributed by atoms with Crippen LogP contribution in [0.4, 0.5) is 0 Å². The normalized spacial score (nSPS) is 10.4. The highest BCUT2D eigenvalue weighted by atomic mass is 16.5. The molecule has 0 aromatic heterocycles. The van der Waals surface area contributed by atoms with Gasteiger partial charge >= 0.3 is 11.9 Å². The Morgan fingerprint density at radius 2 is 1.75 bits per heavy atom. The number of carbonyl (C=O) groups excluding carboxylic acids is 2. The van der Waals surface area contributed by atoms with Crippen molar-refractivity contribution in [1.29, 1.82) is 0 Å². The minimum Gasteiger partial charge on any atom is -0.481 e. The summed E-state index contributed by atoms with van der Waals surface area (Å²) in [5.74, 6) is -1.23. The third-order valence-electron chi connectivity index (χ3n) is 3.31. The Bertz CT molecular complexity index is 326. The van der Waals surface area contributed by atoms with Gasteiger partial charge in [0.15, 0.2) is 0 Å². The molecular formula is C14H25NO5. The van der Waals surface area contributed by atoms with Crippen molar-refractivity contribution in [1.82, 2.24) is 4.90 Å². The smallest absolute Gasteiger partial charge is 0.325 e. The van der Waals surface area contributed by atoms with E-state index in [1.807, 2.05) is 13.8 Å². The molecule has 0 spiro atoms. The first-order valence-electron chi connectivity index (χ1n) is 7.00. The summed E-state index contributed by atoms with van der Waals surface area (Å²) in [5, 5.41) is 8.57. The number of aliphatic carboxylic acids is 1. The van der Waals surface area contributed by atoms with Crippen LogP contribution in [0.5, 0.6) is 0 Å². The molecule has 0 atom stereocenters. The molecule has 0 bridgehead atoms. The molecule has 0 heterocycles. The minimum atomic E-state index is -0.919. The van der Waals surface area contributed by atoms with Crippen LogP contribution in [0.3, 0.4) is 0 Å². The Labute approximate surface area is 120 Å². The lowest BCUT2D eigenvalue weighted by atomic mass is 10.0. The van der Waals surface area contributed by atoms with Gasteiger partial charge in [-0.05, 0) is 12.3 Å². The molecule has 0 aliphatic rings. The summed E-state index contributed by atoms with van der Waals surface area (Å²) in [5.41, 5.74) is 0. The summed E-state index contributed by atoms with van der Waals surface area (Å²) in [6.07, 6.45) is 2.24. The molecule has 0 radical (unpaired) electrons. The fourth-order valence-electron chi connectivity index (χ4n) is 1.88. The number of carboxylic acids is 1. The molecule has 1 amide bonds. The molecule has 0 saturated heterocycles. The predicted molar refractivity (Wildman–Crippen MR) is 74.2 cm³/mol. The summed E-state index contributed by atoms with van der Waals surface area (Å²) in [6, 6.07) is 0. The molecule has 6 nitrogen and oxygen atoms in total. The maximum atomic E-state index is 12.1. The average Bonchev–Trinajstić information content (AvgIpc) is 2.42. The molecule has 0 aliphatic heterocycles. The van der Waals surface area contributed by atoms with Crippen LogP contribution in [0, 0.1) is 5.92 Å². The Morgan fingerprint density at radius 3 is 2.20 bits per heavy atom. The van der Waals surface area contributed by atoms with E-state index in [1.54, 1.807) is 0 Å². The van der Waals surface area contributed by atoms with Gasteiger partial charge in [0.1, 0.15) is 6.54 Å². The van der Waals surface area contributed by atoms with E-state index in [1.165, 1.54) is 12.0 Å². The van der Waals surface area contributed by atoms with Crippen molar-refractivity contribution >= 4 is 17.8 Å². The lowest BCUT2D eigenvalue weighted by Gasteiger charge is -2.25. The number of nitrogens with zero attached hydrogens (tertiary/aromatic N) is 1. The molecule has 0 rings (SSSR count). The van der Waals surface area contributed by atoms with Crippen molar-refractivity contribution in [3.05, 3.63) is 0 Å². The number of rotatable bonds is 10. The van der Waals surface area contributed by atoms with E-state index in [0.717, 1.165) is 12.8 Å². The van der Waals surface area contributed by atoms with Crippen LogP contribution in [0.1, 0.15) is 46.0 Å². The highest BCUT2D eigenvalue weighted by Crippen LogP contribution is 2.12. The van der Waals surface area contributed by atoms with Crippen LogP contribution in [0.2, 0.25) is 0 Å². The summed E-state index contributed by atoms with van der Waals surface area (Å²) < 4.78 is 4.60. The standard InChI is InChI=1S/C14H25NO5/c1-4-11(5-2)9-15(10-14(19)20-3)12(16)7-6-8-13(17)18/h11H,4-10H2,1-3H3,(H,17,18). The molecule has 0 aromatic rings. The summed E-state index contributed by atoms with van der Waals surface area (Å²) >= 11 is 0. The van der Waals surface area contributed by atoms with Crippen molar-refractivity contribution in [3.8, 4) is 0 Å². The van der Waals surface area contributed by atoms with Gasteiger partial charge in [0.2, 0.25) is 5.91 Å². The van der Waals surface area contributed by atoms with Gasteiger partial charge in [-0.25, -0.2) is 0 Å². The number of hydrogen-bond acceptors (Lipinski definition) is 4. The zero-order valence-electron chi connectivity index (χ0n) is 12.6. The van der Waals surface area contributed by atoms with Crippen molar-refractivity contribution in [2.45, 2.75) is 46.0 Å². The van der Waals surface area contributed by atoms with Gasteiger partial charge in [-0.1, -0.05) is 26.7 Å². The van der Waals surface area contributed by atoms with Crippen molar-refractivity contribution < 1.29 is 24.2 Å². The first kappa shape index (κ1) is 18.4. The Kier molecular flexibility index (Phi) is 9.41. The molecular weight excluding hydrogens is 262 g/mol. The third-order valence-corrected chi connectivity index (χ3v) is 3.31. The monoisotopic (exact) mass is 287 g/mol. The molecule has 0 aromatic carbocycles. The molecule has 0 fully saturated rings. The topological polar surface area (TPSA) is 83.9 Å². The van der Waals surface area contributed by atoms with Crippen LogP contribution < -0.4 is 0 Å². The molecule has 116 valence electrons. The van der Waals surface area contributed by atoms with Crippen LogP contribution in [-0.2, 0) is 19.1 Å². The zero-order valence-corrected chi connectivity index (χ0v) is 12.6. The second-order valence-electron chi connectivity index (χ2n) is 4.78. The first-order chi connectivity index (χ1) is 9.44. The Morgan fingerprint density at radius 1 is 1.15 bits per heavy atom. The van der Waals surface area contributed by atoms with E-state index in [2.05, 4.69) is 4.74 Å². The van der Waals surface area contributed by atoms with Gasteiger partial charge in [0.25, 0.3) is 0 Å². The summed E-state index contributed by atoms with van der Waals surface area (Å²) in [6.45, 7) is 4.52. The quantitative estimate of drug-likeness (QED) is 0.618. The number of carboxylic acid groups (broad SMARTS) is 1. The van der Waals surface area contributed by atoms with Gasteiger partial charge in [0.05, 0.1) is 7.11 Å². The van der Waals surface area contributed by atoms with Crippen LogP contribution >= 0.6 is 0 Å². The van der Waals surface area contributed by atoms with Gasteiger partial charge in [-0.15, -0.1) is 0 Å². The second-order valence-corrected chi connectivity index (χ2v) is 4.78. The molecule has 0 saturated carbocycles. The van der Waals surface area contributed by atoms with Crippen molar-refractivity contribution in [2.24, 2.45) is 5.92 Å². The summed E-state index contributed by atoms with van der Waals surface area (Å²) in [7, 11) is 1.28. The second kappa shape index (κ2) is 10.2. The van der Waals surface area contributed by atoms with Gasteiger partial charge in [-0.3, -0.25) is 14.4 Å². The predicted octanol–water partition coefficient (Wildman–Crippen LogP) is 1.68. The van der Waals surface area contributed by atoms with E-state index in [-0.39, 0.29) is 31.7 Å². The molecule has 6 heteroatoms. The van der Waals surface area contributed by atoms with Crippen LogP contribution in [0.15, 0.2) is 0 Å². The number of amides is 1. The van der Waals surface area contributed by atoms with Crippen LogP contribution in [0.25, 0.3) is 0 Å². The fraction of sp³-hybridized carbons (Fsp3) is 0.786. The Hall–Kier alpha value is -1.59. The van der Waals surface area contributed by atoms with E-state index >= 15 is 0 Å². The minimum absolute atomic E-state index is 0.0389. The SMILES string of the molecule is CCC(CC)CN(CC(=O)OC)C(=O)CCCC(=O)O. The molecule has 20 heavy (non-hydrogen) atoms. The maximum absolute atomic E-state index is 12.1. The lowest BCUT2D eigenvalue weighted by Crippen LogP contribution is -2.39. The van der Waals surface area contributed by atoms with Crippen molar-refractivity contribution in [3.63, 3.8) is 0 Å². The number of methoxy groups -OCH3 is 1. The molecule has 0 aliphatic carbocycles. The fourth-order valence-corrected chi connectivity index (χ4v) is 1.88. The van der Waals surface area contributed by atoms with E-state index in [9.17, 15) is 14.4 Å². The van der Waals surface area contributed by atoms with Crippen LogP contribution in [-0.4, -0.2) is 48.1 Å². The van der Waals surface area contributed by atoms with Gasteiger partial charge in [0, 0.05) is 19.4 Å². The lowest BCUT2D eigenvalue weighted by molar-refractivity contribution is -0.147. The number of ether oxygens (including phenoxy) is 1. The highest BCUT2D eigenvalue weighted by molar-refractivity contribution is 5.82. The van der Waals surface area contributed by atoms with Gasteiger partial charge < -0.3 is 14.7 Å². The third kappa shape index (κ3) is 7.76.